The van der Waals surface area contributed by atoms with Crippen molar-refractivity contribution in [3.05, 3.63) is 29.8 Å². The van der Waals surface area contributed by atoms with Crippen LogP contribution in [0.15, 0.2) is 24.3 Å². The molecule has 0 amide bonds. The third kappa shape index (κ3) is 4.13. The lowest BCUT2D eigenvalue weighted by atomic mass is 9.99. The minimum atomic E-state index is 0.530. The Bertz CT molecular complexity index is 268. The van der Waals surface area contributed by atoms with E-state index in [1.807, 2.05) is 12.1 Å². The van der Waals surface area contributed by atoms with Gasteiger partial charge < -0.3 is 4.74 Å². The van der Waals surface area contributed by atoms with Crippen LogP contribution in [0.3, 0.4) is 0 Å². The highest BCUT2D eigenvalue weighted by Gasteiger charge is 2.04. The molecule has 0 fully saturated rings. The van der Waals surface area contributed by atoms with Crippen molar-refractivity contribution in [2.75, 3.05) is 12.5 Å². The smallest absolute Gasteiger partial charge is 0.119 e. The third-order valence-electron chi connectivity index (χ3n) is 2.46. The first kappa shape index (κ1) is 12.4. The van der Waals surface area contributed by atoms with Crippen LogP contribution in [-0.2, 0) is 0 Å². The normalized spacial score (nSPS) is 12.5. The van der Waals surface area contributed by atoms with E-state index in [9.17, 15) is 0 Å². The molecule has 1 aromatic carbocycles. The molecule has 0 spiro atoms. The van der Waals surface area contributed by atoms with Gasteiger partial charge in [-0.2, -0.15) is 0 Å². The second-order valence-electron chi connectivity index (χ2n) is 3.80. The van der Waals surface area contributed by atoms with Gasteiger partial charge >= 0.3 is 0 Å². The zero-order valence-corrected chi connectivity index (χ0v) is 10.3. The number of hydrogen-bond donors (Lipinski definition) is 0. The Morgan fingerprint density at radius 2 is 1.93 bits per heavy atom. The summed E-state index contributed by atoms with van der Waals surface area (Å²) >= 11 is 5.72. The van der Waals surface area contributed by atoms with Gasteiger partial charge in [-0.15, -0.1) is 11.6 Å². The van der Waals surface area contributed by atoms with E-state index < -0.39 is 0 Å². The number of ether oxygens (including phenoxy) is 1. The summed E-state index contributed by atoms with van der Waals surface area (Å²) in [6.45, 7) is 5.10. The van der Waals surface area contributed by atoms with Gasteiger partial charge in [0.15, 0.2) is 0 Å². The summed E-state index contributed by atoms with van der Waals surface area (Å²) in [5.41, 5.74) is 1.33. The van der Waals surface area contributed by atoms with E-state index in [1.54, 1.807) is 0 Å². The van der Waals surface area contributed by atoms with E-state index in [-0.39, 0.29) is 0 Å². The lowest BCUT2D eigenvalue weighted by Gasteiger charge is -2.11. The van der Waals surface area contributed by atoms with Crippen molar-refractivity contribution >= 4 is 11.6 Å². The van der Waals surface area contributed by atoms with Gasteiger partial charge in [0, 0.05) is 5.88 Å². The van der Waals surface area contributed by atoms with Crippen LogP contribution in [0.25, 0.3) is 0 Å². The van der Waals surface area contributed by atoms with Gasteiger partial charge in [-0.3, -0.25) is 0 Å². The van der Waals surface area contributed by atoms with Gasteiger partial charge in [-0.25, -0.2) is 0 Å². The molecule has 0 aliphatic heterocycles. The number of benzene rings is 1. The molecule has 0 saturated heterocycles. The second kappa shape index (κ2) is 6.73. The van der Waals surface area contributed by atoms with Crippen LogP contribution in [-0.4, -0.2) is 12.5 Å². The molecule has 84 valence electrons. The Labute approximate surface area is 97.4 Å². The minimum absolute atomic E-state index is 0.530. The lowest BCUT2D eigenvalue weighted by Crippen LogP contribution is -1.97. The summed E-state index contributed by atoms with van der Waals surface area (Å²) in [7, 11) is 0. The van der Waals surface area contributed by atoms with Crippen LogP contribution in [0.4, 0.5) is 0 Å². The molecule has 0 bridgehead atoms. The Hall–Kier alpha value is -0.690. The van der Waals surface area contributed by atoms with E-state index in [1.165, 1.54) is 5.56 Å². The molecule has 0 N–H and O–H groups in total. The molecule has 0 aliphatic rings. The van der Waals surface area contributed by atoms with Crippen molar-refractivity contribution in [1.82, 2.24) is 0 Å². The highest BCUT2D eigenvalue weighted by Crippen LogP contribution is 2.22. The quantitative estimate of drug-likeness (QED) is 0.661. The minimum Gasteiger partial charge on any atom is -0.494 e. The van der Waals surface area contributed by atoms with Crippen LogP contribution >= 0.6 is 11.6 Å². The predicted octanol–water partition coefficient (Wildman–Crippen LogP) is 4.21. The maximum atomic E-state index is 5.72. The summed E-state index contributed by atoms with van der Waals surface area (Å²) in [6.07, 6.45) is 2.07. The molecule has 0 aliphatic carbocycles. The van der Waals surface area contributed by atoms with Crippen LogP contribution in [0.2, 0.25) is 0 Å². The summed E-state index contributed by atoms with van der Waals surface area (Å²) in [5.74, 6) is 2.20. The topological polar surface area (TPSA) is 9.23 Å². The fourth-order valence-electron chi connectivity index (χ4n) is 1.44. The van der Waals surface area contributed by atoms with Crippen molar-refractivity contribution in [3.8, 4) is 5.75 Å². The number of alkyl halides is 1. The molecule has 1 nitrogen and oxygen atoms in total. The van der Waals surface area contributed by atoms with Gasteiger partial charge in [0.25, 0.3) is 0 Å². The summed E-state index contributed by atoms with van der Waals surface area (Å²) < 4.78 is 5.52. The zero-order valence-electron chi connectivity index (χ0n) is 9.50. The predicted molar refractivity (Wildman–Crippen MR) is 66.0 cm³/mol. The molecule has 1 atom stereocenters. The molecule has 0 heterocycles. The Morgan fingerprint density at radius 1 is 1.27 bits per heavy atom. The van der Waals surface area contributed by atoms with Crippen LogP contribution < -0.4 is 4.74 Å². The van der Waals surface area contributed by atoms with Crippen LogP contribution in [0.5, 0.6) is 5.75 Å². The monoisotopic (exact) mass is 226 g/mol. The van der Waals surface area contributed by atoms with E-state index in [4.69, 9.17) is 16.3 Å². The SMILES string of the molecule is CCCOc1ccc(C(C)CCCl)cc1. The van der Waals surface area contributed by atoms with E-state index in [2.05, 4.69) is 26.0 Å². The largest absolute Gasteiger partial charge is 0.494 e. The van der Waals surface area contributed by atoms with Crippen molar-refractivity contribution in [2.45, 2.75) is 32.6 Å². The second-order valence-corrected chi connectivity index (χ2v) is 4.17. The van der Waals surface area contributed by atoms with Crippen molar-refractivity contribution in [3.63, 3.8) is 0 Å². The van der Waals surface area contributed by atoms with Gasteiger partial charge in [0.1, 0.15) is 5.75 Å². The van der Waals surface area contributed by atoms with Gasteiger partial charge in [-0.1, -0.05) is 26.0 Å². The molecule has 1 rings (SSSR count). The van der Waals surface area contributed by atoms with Gasteiger partial charge in [0.2, 0.25) is 0 Å². The van der Waals surface area contributed by atoms with Gasteiger partial charge in [-0.05, 0) is 36.5 Å². The Balaban J connectivity index is 2.55. The van der Waals surface area contributed by atoms with E-state index >= 15 is 0 Å². The van der Waals surface area contributed by atoms with Gasteiger partial charge in [0.05, 0.1) is 6.61 Å². The molecular weight excluding hydrogens is 208 g/mol. The molecule has 0 saturated carbocycles. The van der Waals surface area contributed by atoms with Crippen LogP contribution in [0.1, 0.15) is 38.2 Å². The first-order valence-electron chi connectivity index (χ1n) is 5.56. The molecule has 0 aromatic heterocycles. The Morgan fingerprint density at radius 3 is 2.47 bits per heavy atom. The average Bonchev–Trinajstić information content (AvgIpc) is 2.27. The molecule has 1 unspecified atom stereocenters. The first-order valence-corrected chi connectivity index (χ1v) is 6.10. The molecule has 0 radical (unpaired) electrons. The molecular formula is C13H19ClO. The fraction of sp³-hybridized carbons (Fsp3) is 0.538. The van der Waals surface area contributed by atoms with E-state index in [0.29, 0.717) is 5.92 Å². The highest BCUT2D eigenvalue weighted by atomic mass is 35.5. The molecule has 1 aromatic rings. The zero-order chi connectivity index (χ0) is 11.1. The van der Waals surface area contributed by atoms with Crippen LogP contribution in [0, 0.1) is 0 Å². The maximum Gasteiger partial charge on any atom is 0.119 e. The number of rotatable bonds is 6. The summed E-state index contributed by atoms with van der Waals surface area (Å²) in [6, 6.07) is 8.33. The first-order chi connectivity index (χ1) is 7.27. The van der Waals surface area contributed by atoms with E-state index in [0.717, 1.165) is 31.1 Å². The van der Waals surface area contributed by atoms with Crippen molar-refractivity contribution in [2.24, 2.45) is 0 Å². The number of halogens is 1. The summed E-state index contributed by atoms with van der Waals surface area (Å²) in [4.78, 5) is 0. The third-order valence-corrected chi connectivity index (χ3v) is 2.68. The Kier molecular flexibility index (Phi) is 5.56. The average molecular weight is 227 g/mol. The fourth-order valence-corrected chi connectivity index (χ4v) is 1.77. The van der Waals surface area contributed by atoms with Crippen molar-refractivity contribution in [1.29, 1.82) is 0 Å². The standard InChI is InChI=1S/C13H19ClO/c1-3-10-15-13-6-4-12(5-7-13)11(2)8-9-14/h4-7,11H,3,8-10H2,1-2H3. The molecule has 2 heteroatoms. The summed E-state index contributed by atoms with van der Waals surface area (Å²) in [5, 5.41) is 0. The highest BCUT2D eigenvalue weighted by molar-refractivity contribution is 6.17. The number of hydrogen-bond acceptors (Lipinski definition) is 1. The molecule has 15 heavy (non-hydrogen) atoms. The maximum absolute atomic E-state index is 5.72. The lowest BCUT2D eigenvalue weighted by molar-refractivity contribution is 0.317. The van der Waals surface area contributed by atoms with Crippen molar-refractivity contribution < 1.29 is 4.74 Å².